The number of carbonyl (C=O) groups is 2. The first-order chi connectivity index (χ1) is 6.22. The number of hydrogen-bond acceptors (Lipinski definition) is 5. The van der Waals surface area contributed by atoms with Crippen LogP contribution in [-0.4, -0.2) is 55.9 Å². The fraction of sp³-hybridized carbons (Fsp3) is 0.600. The van der Waals surface area contributed by atoms with Crippen LogP contribution in [0.4, 0.5) is 0 Å². The normalized spacial score (nSPS) is 12.5. The average molecular weight is 253 g/mol. The Morgan fingerprint density at radius 3 is 2.27 bits per heavy atom. The number of carboxylic acid groups (broad SMARTS) is 1. The van der Waals surface area contributed by atoms with Gasteiger partial charge >= 0.3 is 42.8 Å². The fourth-order valence-corrected chi connectivity index (χ4v) is 0.932. The van der Waals surface area contributed by atoms with E-state index in [1.54, 1.807) is 0 Å². The molecule has 86 valence electrons. The minimum absolute atomic E-state index is 0. The summed E-state index contributed by atoms with van der Waals surface area (Å²) in [6.07, 6.45) is -0.702. The molecule has 0 aliphatic carbocycles. The molecular weight excluding hydrogens is 241 g/mol. The maximum absolute atomic E-state index is 10.6. The van der Waals surface area contributed by atoms with Crippen LogP contribution in [0.2, 0.25) is 0 Å². The molecule has 0 rings (SSSR count). The molecule has 0 fully saturated rings. The number of nitrogens with two attached hydrogens (primary N) is 1. The van der Waals surface area contributed by atoms with E-state index in [1.807, 2.05) is 0 Å². The number of aliphatic carboxylic acids is 1. The van der Waals surface area contributed by atoms with Gasteiger partial charge in [-0.1, -0.05) is 0 Å². The van der Waals surface area contributed by atoms with Crippen LogP contribution in [0.15, 0.2) is 0 Å². The SMILES string of the molecule is N[C@@H](CCC(=O)OP(=O)(O)O)C(=O)O.[H-].[H-].[Mg+2]. The Bertz CT molecular complexity index is 285. The quantitative estimate of drug-likeness (QED) is 0.347. The predicted octanol–water partition coefficient (Wildman–Crippen LogP) is -1.34. The van der Waals surface area contributed by atoms with Gasteiger partial charge in [0, 0.05) is 6.42 Å². The number of rotatable bonds is 5. The summed E-state index contributed by atoms with van der Waals surface area (Å²) in [7, 11) is -4.84. The summed E-state index contributed by atoms with van der Waals surface area (Å²) in [5.74, 6) is -2.48. The molecule has 0 aromatic heterocycles. The summed E-state index contributed by atoms with van der Waals surface area (Å²) in [5, 5.41) is 8.30. The van der Waals surface area contributed by atoms with Crippen LogP contribution in [-0.2, 0) is 18.7 Å². The van der Waals surface area contributed by atoms with Crippen molar-refractivity contribution in [2.45, 2.75) is 18.9 Å². The van der Waals surface area contributed by atoms with Crippen molar-refractivity contribution in [3.63, 3.8) is 0 Å². The third-order valence-electron chi connectivity index (χ3n) is 1.20. The third-order valence-corrected chi connectivity index (χ3v) is 1.64. The van der Waals surface area contributed by atoms with Crippen LogP contribution in [0.25, 0.3) is 0 Å². The van der Waals surface area contributed by atoms with Gasteiger partial charge in [-0.2, -0.15) is 0 Å². The molecule has 8 nitrogen and oxygen atoms in total. The molecular formula is C5H12MgNO7P. The van der Waals surface area contributed by atoms with Crippen molar-refractivity contribution in [3.8, 4) is 0 Å². The molecule has 0 aromatic carbocycles. The van der Waals surface area contributed by atoms with Gasteiger partial charge in [0.15, 0.2) is 0 Å². The van der Waals surface area contributed by atoms with E-state index in [4.69, 9.17) is 20.6 Å². The van der Waals surface area contributed by atoms with Crippen molar-refractivity contribution in [1.82, 2.24) is 0 Å². The summed E-state index contributed by atoms with van der Waals surface area (Å²) >= 11 is 0. The maximum Gasteiger partial charge on any atom is 2.00 e. The number of phosphoric ester groups is 1. The Balaban J connectivity index is -0.000000282. The van der Waals surface area contributed by atoms with Crippen LogP contribution in [0.1, 0.15) is 15.7 Å². The van der Waals surface area contributed by atoms with Gasteiger partial charge in [0.2, 0.25) is 0 Å². The van der Waals surface area contributed by atoms with Gasteiger partial charge in [-0.15, -0.1) is 0 Å². The zero-order chi connectivity index (χ0) is 11.4. The number of hydrogen-bond donors (Lipinski definition) is 4. The molecule has 10 heteroatoms. The summed E-state index contributed by atoms with van der Waals surface area (Å²) in [6, 6.07) is -1.25. The maximum atomic E-state index is 10.6. The summed E-state index contributed by atoms with van der Waals surface area (Å²) in [5.41, 5.74) is 5.03. The van der Waals surface area contributed by atoms with Gasteiger partial charge in [0.25, 0.3) is 0 Å². The van der Waals surface area contributed by atoms with Gasteiger partial charge < -0.3 is 18.2 Å². The first-order valence-corrected chi connectivity index (χ1v) is 5.02. The van der Waals surface area contributed by atoms with E-state index in [0.717, 1.165) is 0 Å². The summed E-state index contributed by atoms with van der Waals surface area (Å²) < 4.78 is 13.8. The first kappa shape index (κ1) is 17.2. The van der Waals surface area contributed by atoms with E-state index in [2.05, 4.69) is 4.52 Å². The molecule has 0 radical (unpaired) electrons. The fourth-order valence-electron chi connectivity index (χ4n) is 0.575. The third kappa shape index (κ3) is 10.1. The number of phosphoric acid groups is 1. The second-order valence-electron chi connectivity index (χ2n) is 2.44. The molecule has 5 N–H and O–H groups in total. The van der Waals surface area contributed by atoms with E-state index < -0.39 is 32.2 Å². The Labute approximate surface area is 104 Å². The van der Waals surface area contributed by atoms with Crippen molar-refractivity contribution in [1.29, 1.82) is 0 Å². The first-order valence-electron chi connectivity index (χ1n) is 3.48. The van der Waals surface area contributed by atoms with Crippen LogP contribution < -0.4 is 5.73 Å². The van der Waals surface area contributed by atoms with Crippen molar-refractivity contribution in [2.75, 3.05) is 0 Å². The molecule has 0 aliphatic heterocycles. The van der Waals surface area contributed by atoms with Crippen molar-refractivity contribution in [3.05, 3.63) is 0 Å². The second kappa shape index (κ2) is 7.15. The minimum atomic E-state index is -4.84. The molecule has 0 unspecified atom stereocenters. The Morgan fingerprint density at radius 1 is 1.47 bits per heavy atom. The van der Waals surface area contributed by atoms with E-state index in [0.29, 0.717) is 0 Å². The summed E-state index contributed by atoms with van der Waals surface area (Å²) in [4.78, 5) is 37.2. The molecule has 0 spiro atoms. The monoisotopic (exact) mass is 253 g/mol. The topological polar surface area (TPSA) is 147 Å². The Hall–Kier alpha value is -0.184. The molecule has 0 aromatic rings. The Kier molecular flexibility index (Phi) is 8.21. The second-order valence-corrected chi connectivity index (χ2v) is 3.60. The van der Waals surface area contributed by atoms with Gasteiger partial charge in [0.1, 0.15) is 6.04 Å². The van der Waals surface area contributed by atoms with Crippen molar-refractivity contribution < 1.29 is 36.4 Å². The van der Waals surface area contributed by atoms with E-state index >= 15 is 0 Å². The molecule has 0 heterocycles. The molecule has 15 heavy (non-hydrogen) atoms. The van der Waals surface area contributed by atoms with Crippen LogP contribution >= 0.6 is 7.82 Å². The van der Waals surface area contributed by atoms with E-state index in [9.17, 15) is 14.2 Å². The van der Waals surface area contributed by atoms with E-state index in [-0.39, 0.29) is 32.3 Å². The average Bonchev–Trinajstić information content (AvgIpc) is 1.96. The number of carboxylic acids is 1. The minimum Gasteiger partial charge on any atom is -1.00 e. The standard InChI is InChI=1S/C5H10NO7P.Mg.2H/c6-3(5(8)9)1-2-4(7)13-14(10,11)12;;;/h3H,1-2,6H2,(H,8,9)(H2,10,11,12);;;/q;+2;2*-1/t3-;;;/m0.../s1. The molecule has 0 amide bonds. The molecule has 0 saturated heterocycles. The number of carbonyl (C=O) groups excluding carboxylic acids is 1. The zero-order valence-corrected chi connectivity index (χ0v) is 10.0. The predicted molar refractivity (Wildman–Crippen MR) is 51.0 cm³/mol. The largest absolute Gasteiger partial charge is 2.00 e. The van der Waals surface area contributed by atoms with Gasteiger partial charge in [-0.05, 0) is 6.42 Å². The van der Waals surface area contributed by atoms with Crippen LogP contribution in [0.5, 0.6) is 0 Å². The van der Waals surface area contributed by atoms with Gasteiger partial charge in [0.05, 0.1) is 0 Å². The summed E-state index contributed by atoms with van der Waals surface area (Å²) in [6.45, 7) is 0. The molecule has 0 saturated carbocycles. The van der Waals surface area contributed by atoms with Crippen LogP contribution in [0, 0.1) is 0 Å². The van der Waals surface area contributed by atoms with Gasteiger partial charge in [-0.25, -0.2) is 4.57 Å². The van der Waals surface area contributed by atoms with Crippen molar-refractivity contribution >= 4 is 42.8 Å². The molecule has 0 aliphatic rings. The molecule has 0 bridgehead atoms. The zero-order valence-electron chi connectivity index (χ0n) is 9.70. The van der Waals surface area contributed by atoms with E-state index in [1.165, 1.54) is 0 Å². The smallest absolute Gasteiger partial charge is 1.00 e. The Morgan fingerprint density at radius 2 is 1.93 bits per heavy atom. The van der Waals surface area contributed by atoms with Crippen LogP contribution in [0.3, 0.4) is 0 Å². The van der Waals surface area contributed by atoms with Gasteiger partial charge in [-0.3, -0.25) is 19.4 Å². The van der Waals surface area contributed by atoms with Crippen molar-refractivity contribution in [2.24, 2.45) is 5.73 Å². The molecule has 1 atom stereocenters.